The van der Waals surface area contributed by atoms with E-state index in [0.717, 1.165) is 63.7 Å². The summed E-state index contributed by atoms with van der Waals surface area (Å²) in [6.45, 7) is 2.61. The highest BCUT2D eigenvalue weighted by atomic mass is 19.3. The number of nitrogens with zero attached hydrogens (tertiary/aromatic N) is 1. The Kier molecular flexibility index (Phi) is 5.55. The minimum atomic E-state index is -2.48. The van der Waals surface area contributed by atoms with Crippen LogP contribution in [-0.4, -0.2) is 37.0 Å². The molecule has 2 aliphatic heterocycles. The molecule has 3 nitrogen and oxygen atoms in total. The molecule has 164 valence electrons. The first-order valence-electron chi connectivity index (χ1n) is 11.5. The van der Waals surface area contributed by atoms with Crippen LogP contribution in [0.5, 0.6) is 0 Å². The molecular weight excluding hydrogens is 394 g/mol. The monoisotopic (exact) mass is 424 g/mol. The Balaban J connectivity index is 1.53. The number of carbonyl (C=O) groups is 1. The highest BCUT2D eigenvalue weighted by molar-refractivity contribution is 5.51. The molecular formula is C26H30F2N2O. The Hall–Kier alpha value is -2.27. The minimum Gasteiger partial charge on any atom is -0.342 e. The largest absolute Gasteiger partial charge is 0.342 e. The van der Waals surface area contributed by atoms with Crippen molar-refractivity contribution in [3.8, 4) is 0 Å². The second kappa shape index (κ2) is 8.34. The average molecular weight is 425 g/mol. The molecule has 31 heavy (non-hydrogen) atoms. The Morgan fingerprint density at radius 2 is 1.94 bits per heavy atom. The third-order valence-electron chi connectivity index (χ3n) is 8.03. The van der Waals surface area contributed by atoms with Gasteiger partial charge in [-0.05, 0) is 67.3 Å². The lowest BCUT2D eigenvalue weighted by atomic mass is 9.63. The number of amides is 1. The molecule has 1 amide bonds. The molecule has 2 aromatic rings. The highest BCUT2D eigenvalue weighted by Crippen LogP contribution is 2.50. The Morgan fingerprint density at radius 3 is 2.65 bits per heavy atom. The summed E-state index contributed by atoms with van der Waals surface area (Å²) in [5.74, 6) is 0.504. The number of alkyl halides is 2. The maximum absolute atomic E-state index is 13.6. The van der Waals surface area contributed by atoms with E-state index in [4.69, 9.17) is 0 Å². The van der Waals surface area contributed by atoms with Gasteiger partial charge in [0.05, 0.1) is 0 Å². The van der Waals surface area contributed by atoms with Crippen LogP contribution in [0.2, 0.25) is 0 Å². The summed E-state index contributed by atoms with van der Waals surface area (Å²) in [5, 5.41) is 3.49. The van der Waals surface area contributed by atoms with Gasteiger partial charge in [-0.15, -0.1) is 0 Å². The van der Waals surface area contributed by atoms with Gasteiger partial charge in [-0.1, -0.05) is 42.5 Å². The molecule has 0 radical (unpaired) electrons. The van der Waals surface area contributed by atoms with Gasteiger partial charge in [0.1, 0.15) is 0 Å². The van der Waals surface area contributed by atoms with Gasteiger partial charge < -0.3 is 10.2 Å². The number of halogens is 2. The molecule has 0 bridgehead atoms. The lowest BCUT2D eigenvalue weighted by Gasteiger charge is -2.47. The van der Waals surface area contributed by atoms with E-state index < -0.39 is 6.43 Å². The van der Waals surface area contributed by atoms with Crippen LogP contribution in [0.4, 0.5) is 8.78 Å². The summed E-state index contributed by atoms with van der Waals surface area (Å²) in [7, 11) is 0. The summed E-state index contributed by atoms with van der Waals surface area (Å²) >= 11 is 0. The van der Waals surface area contributed by atoms with Crippen LogP contribution in [0, 0.1) is 0 Å². The number of nitrogens with one attached hydrogen (secondary N) is 1. The van der Waals surface area contributed by atoms with Crippen LogP contribution >= 0.6 is 0 Å². The SMILES string of the molecule is O=CN1CCC(c2ccccc2)CC1[C@H]1CC[C@@]2(CCNC2)c2ccc(C(F)F)cc21. The normalized spacial score (nSPS) is 30.5. The average Bonchev–Trinajstić information content (AvgIpc) is 3.28. The maximum Gasteiger partial charge on any atom is 0.263 e. The van der Waals surface area contributed by atoms with Crippen LogP contribution in [0.3, 0.4) is 0 Å². The third-order valence-corrected chi connectivity index (χ3v) is 8.03. The molecule has 2 fully saturated rings. The fraction of sp³-hybridized carbons (Fsp3) is 0.500. The Morgan fingerprint density at radius 1 is 1.10 bits per heavy atom. The molecule has 1 N–H and O–H groups in total. The first kappa shape index (κ1) is 20.6. The molecule has 1 aliphatic carbocycles. The zero-order chi connectivity index (χ0) is 21.4. The third kappa shape index (κ3) is 3.67. The van der Waals surface area contributed by atoms with Crippen molar-refractivity contribution in [3.63, 3.8) is 0 Å². The molecule has 4 atom stereocenters. The highest BCUT2D eigenvalue weighted by Gasteiger charge is 2.45. The van der Waals surface area contributed by atoms with Gasteiger partial charge in [0.25, 0.3) is 6.43 Å². The smallest absolute Gasteiger partial charge is 0.263 e. The molecule has 5 heteroatoms. The summed E-state index contributed by atoms with van der Waals surface area (Å²) in [6.07, 6.45) is 3.37. The fourth-order valence-electron chi connectivity index (χ4n) is 6.39. The summed E-state index contributed by atoms with van der Waals surface area (Å²) in [4.78, 5) is 13.9. The van der Waals surface area contributed by atoms with Gasteiger partial charge in [-0.25, -0.2) is 8.78 Å². The van der Waals surface area contributed by atoms with Gasteiger partial charge in [0.2, 0.25) is 6.41 Å². The molecule has 0 aromatic heterocycles. The first-order chi connectivity index (χ1) is 15.1. The van der Waals surface area contributed by atoms with Gasteiger partial charge in [-0.3, -0.25) is 4.79 Å². The number of piperidine rings is 1. The van der Waals surface area contributed by atoms with Crippen molar-refractivity contribution in [1.29, 1.82) is 0 Å². The number of hydrogen-bond acceptors (Lipinski definition) is 2. The van der Waals surface area contributed by atoms with Crippen molar-refractivity contribution in [1.82, 2.24) is 10.2 Å². The fourth-order valence-corrected chi connectivity index (χ4v) is 6.39. The van der Waals surface area contributed by atoms with Gasteiger partial charge in [-0.2, -0.15) is 0 Å². The Bertz CT molecular complexity index is 926. The van der Waals surface area contributed by atoms with Crippen molar-refractivity contribution in [3.05, 3.63) is 70.8 Å². The maximum atomic E-state index is 13.6. The number of hydrogen-bond donors (Lipinski definition) is 1. The van der Waals surface area contributed by atoms with Crippen LogP contribution in [0.15, 0.2) is 48.5 Å². The summed E-state index contributed by atoms with van der Waals surface area (Å²) < 4.78 is 27.2. The van der Waals surface area contributed by atoms with Crippen molar-refractivity contribution in [2.24, 2.45) is 0 Å². The van der Waals surface area contributed by atoms with Gasteiger partial charge in [0, 0.05) is 36.0 Å². The lowest BCUT2D eigenvalue weighted by Crippen LogP contribution is -2.47. The van der Waals surface area contributed by atoms with Crippen LogP contribution in [0.25, 0.3) is 0 Å². The van der Waals surface area contributed by atoms with E-state index in [1.54, 1.807) is 12.1 Å². The second-order valence-corrected chi connectivity index (χ2v) is 9.54. The number of likely N-dealkylation sites (tertiary alicyclic amines) is 1. The molecule has 1 spiro atoms. The van der Waals surface area contributed by atoms with Crippen LogP contribution < -0.4 is 5.32 Å². The molecule has 2 unspecified atom stereocenters. The van der Waals surface area contributed by atoms with E-state index in [1.807, 2.05) is 17.0 Å². The molecule has 3 aliphatic rings. The molecule has 0 saturated carbocycles. The van der Waals surface area contributed by atoms with E-state index in [9.17, 15) is 13.6 Å². The van der Waals surface area contributed by atoms with Gasteiger partial charge in [0.15, 0.2) is 0 Å². The molecule has 2 heterocycles. The first-order valence-corrected chi connectivity index (χ1v) is 11.5. The van der Waals surface area contributed by atoms with E-state index in [0.29, 0.717) is 5.92 Å². The minimum absolute atomic E-state index is 0.0476. The number of carbonyl (C=O) groups excluding carboxylic acids is 1. The predicted octanol–water partition coefficient (Wildman–Crippen LogP) is 5.14. The zero-order valence-corrected chi connectivity index (χ0v) is 17.8. The van der Waals surface area contributed by atoms with Crippen LogP contribution in [-0.2, 0) is 10.2 Å². The van der Waals surface area contributed by atoms with Gasteiger partial charge >= 0.3 is 0 Å². The van der Waals surface area contributed by atoms with Crippen molar-refractivity contribution in [2.45, 2.75) is 61.8 Å². The van der Waals surface area contributed by atoms with Crippen molar-refractivity contribution in [2.75, 3.05) is 19.6 Å². The number of rotatable bonds is 4. The molecule has 2 saturated heterocycles. The van der Waals surface area contributed by atoms with Crippen molar-refractivity contribution < 1.29 is 13.6 Å². The zero-order valence-electron chi connectivity index (χ0n) is 17.8. The second-order valence-electron chi connectivity index (χ2n) is 9.54. The van der Waals surface area contributed by atoms with Crippen LogP contribution in [0.1, 0.15) is 72.6 Å². The summed E-state index contributed by atoms with van der Waals surface area (Å²) in [5.41, 5.74) is 3.74. The van der Waals surface area contributed by atoms with E-state index >= 15 is 0 Å². The molecule has 2 aromatic carbocycles. The van der Waals surface area contributed by atoms with E-state index in [2.05, 4.69) is 29.6 Å². The predicted molar refractivity (Wildman–Crippen MR) is 118 cm³/mol. The number of benzene rings is 2. The van der Waals surface area contributed by atoms with Crippen molar-refractivity contribution >= 4 is 6.41 Å². The number of fused-ring (bicyclic) bond motifs is 2. The standard InChI is InChI=1S/C26H30F2N2O/c27-25(28)20-6-7-23-22(14-20)21(8-10-26(23)11-12-29-16-26)24-15-19(9-13-30(24)17-31)18-4-2-1-3-5-18/h1-7,14,17,19,21,24-25,29H,8-13,15-16H2/t19?,21-,24?,26-/m0/s1. The molecule has 5 rings (SSSR count). The van der Waals surface area contributed by atoms with E-state index in [-0.39, 0.29) is 22.9 Å². The Labute approximate surface area is 182 Å². The van der Waals surface area contributed by atoms with E-state index in [1.165, 1.54) is 11.1 Å². The quantitative estimate of drug-likeness (QED) is 0.690. The lowest BCUT2D eigenvalue weighted by molar-refractivity contribution is -0.122. The summed E-state index contributed by atoms with van der Waals surface area (Å²) in [6, 6.07) is 15.9. The topological polar surface area (TPSA) is 32.3 Å².